The molecule has 0 spiro atoms. The van der Waals surface area contributed by atoms with Crippen molar-refractivity contribution in [1.29, 1.82) is 0 Å². The van der Waals surface area contributed by atoms with Crippen LogP contribution in [-0.2, 0) is 4.79 Å². The zero-order chi connectivity index (χ0) is 13.9. The number of halogens is 1. The first-order chi connectivity index (χ1) is 9.24. The molecule has 0 saturated carbocycles. The normalized spacial score (nSPS) is 9.70. The fraction of sp³-hybridized carbons (Fsp3) is 0.533. The fourth-order valence-corrected chi connectivity index (χ4v) is 1.57. The molecule has 0 heterocycles. The molecular formula is C15H25ClN2O2. The Kier molecular flexibility index (Phi) is 10.8. The third kappa shape index (κ3) is 8.02. The molecule has 0 aliphatic rings. The number of hydrogen-bond acceptors (Lipinski definition) is 3. The summed E-state index contributed by atoms with van der Waals surface area (Å²) >= 11 is 0. The molecule has 114 valence electrons. The van der Waals surface area contributed by atoms with Gasteiger partial charge in [-0.15, -0.1) is 12.4 Å². The van der Waals surface area contributed by atoms with E-state index in [1.807, 2.05) is 30.3 Å². The molecular weight excluding hydrogens is 276 g/mol. The number of unbranched alkanes of at least 4 members (excludes halogenated alkanes) is 1. The van der Waals surface area contributed by atoms with E-state index in [2.05, 4.69) is 12.2 Å². The van der Waals surface area contributed by atoms with E-state index in [-0.39, 0.29) is 18.3 Å². The lowest BCUT2D eigenvalue weighted by molar-refractivity contribution is -0.129. The maximum Gasteiger partial charge on any atom is 0.236 e. The van der Waals surface area contributed by atoms with Gasteiger partial charge in [-0.05, 0) is 25.1 Å². The van der Waals surface area contributed by atoms with Crippen molar-refractivity contribution in [3.8, 4) is 5.75 Å². The van der Waals surface area contributed by atoms with Crippen molar-refractivity contribution in [1.82, 2.24) is 10.2 Å². The van der Waals surface area contributed by atoms with Gasteiger partial charge in [0.1, 0.15) is 12.4 Å². The molecule has 0 radical (unpaired) electrons. The van der Waals surface area contributed by atoms with Crippen molar-refractivity contribution >= 4 is 18.3 Å². The molecule has 0 aliphatic heterocycles. The first-order valence-electron chi connectivity index (χ1n) is 6.86. The standard InChI is InChI=1S/C15H24N2O2.ClH/c1-3-4-10-16-13-15(18)17(2)11-12-19-14-8-6-5-7-9-14;/h5-9,16H,3-4,10-13H2,1-2H3;1H. The average Bonchev–Trinajstić information content (AvgIpc) is 2.44. The predicted octanol–water partition coefficient (Wildman–Crippen LogP) is 2.34. The summed E-state index contributed by atoms with van der Waals surface area (Å²) < 4.78 is 5.56. The molecule has 4 nitrogen and oxygen atoms in total. The Morgan fingerprint density at radius 3 is 2.65 bits per heavy atom. The van der Waals surface area contributed by atoms with Crippen molar-refractivity contribution in [3.63, 3.8) is 0 Å². The summed E-state index contributed by atoms with van der Waals surface area (Å²) in [4.78, 5) is 13.5. The monoisotopic (exact) mass is 300 g/mol. The number of amides is 1. The summed E-state index contributed by atoms with van der Waals surface area (Å²) in [6.45, 7) is 4.55. The number of para-hydroxylation sites is 1. The van der Waals surface area contributed by atoms with Crippen LogP contribution >= 0.6 is 12.4 Å². The quantitative estimate of drug-likeness (QED) is 0.712. The van der Waals surface area contributed by atoms with Crippen LogP contribution < -0.4 is 10.1 Å². The Labute approximate surface area is 127 Å². The molecule has 0 aromatic heterocycles. The Morgan fingerprint density at radius 2 is 2.00 bits per heavy atom. The van der Waals surface area contributed by atoms with Crippen LogP contribution in [-0.4, -0.2) is 44.1 Å². The van der Waals surface area contributed by atoms with E-state index < -0.39 is 0 Å². The first kappa shape index (κ1) is 18.7. The third-order valence-corrected chi connectivity index (χ3v) is 2.85. The fourth-order valence-electron chi connectivity index (χ4n) is 1.57. The molecule has 1 aromatic rings. The number of nitrogens with zero attached hydrogens (tertiary/aromatic N) is 1. The highest BCUT2D eigenvalue weighted by Crippen LogP contribution is 2.07. The van der Waals surface area contributed by atoms with Crippen LogP contribution in [0.1, 0.15) is 19.8 Å². The topological polar surface area (TPSA) is 41.6 Å². The Morgan fingerprint density at radius 1 is 1.30 bits per heavy atom. The molecule has 0 saturated heterocycles. The van der Waals surface area contributed by atoms with E-state index in [4.69, 9.17) is 4.74 Å². The van der Waals surface area contributed by atoms with Gasteiger partial charge in [0.25, 0.3) is 0 Å². The average molecular weight is 301 g/mol. The van der Waals surface area contributed by atoms with Crippen molar-refractivity contribution in [2.24, 2.45) is 0 Å². The van der Waals surface area contributed by atoms with Gasteiger partial charge in [0.05, 0.1) is 13.1 Å². The number of likely N-dealkylation sites (N-methyl/N-ethyl adjacent to an activating group) is 1. The minimum absolute atomic E-state index is 0. The number of carbonyl (C=O) groups excluding carboxylic acids is 1. The van der Waals surface area contributed by atoms with Crippen molar-refractivity contribution in [3.05, 3.63) is 30.3 Å². The SMILES string of the molecule is CCCCNCC(=O)N(C)CCOc1ccccc1.Cl. The number of ether oxygens (including phenoxy) is 1. The van der Waals surface area contributed by atoms with Gasteiger partial charge in [0.15, 0.2) is 0 Å². The predicted molar refractivity (Wildman–Crippen MR) is 84.6 cm³/mol. The Hall–Kier alpha value is -1.26. The zero-order valence-electron chi connectivity index (χ0n) is 12.3. The number of hydrogen-bond donors (Lipinski definition) is 1. The summed E-state index contributed by atoms with van der Waals surface area (Å²) in [7, 11) is 1.80. The van der Waals surface area contributed by atoms with Crippen LogP contribution in [0.4, 0.5) is 0 Å². The van der Waals surface area contributed by atoms with Crippen LogP contribution in [0, 0.1) is 0 Å². The lowest BCUT2D eigenvalue weighted by Gasteiger charge is -2.17. The van der Waals surface area contributed by atoms with E-state index >= 15 is 0 Å². The lowest BCUT2D eigenvalue weighted by Crippen LogP contribution is -2.38. The summed E-state index contributed by atoms with van der Waals surface area (Å²) in [5.41, 5.74) is 0. The zero-order valence-corrected chi connectivity index (χ0v) is 13.1. The van der Waals surface area contributed by atoms with E-state index in [1.165, 1.54) is 0 Å². The van der Waals surface area contributed by atoms with Gasteiger partial charge < -0.3 is 15.0 Å². The minimum atomic E-state index is 0. The second-order valence-corrected chi connectivity index (χ2v) is 4.51. The molecule has 5 heteroatoms. The van der Waals surface area contributed by atoms with E-state index in [1.54, 1.807) is 11.9 Å². The minimum Gasteiger partial charge on any atom is -0.492 e. The molecule has 0 unspecified atom stereocenters. The molecule has 1 N–H and O–H groups in total. The highest BCUT2D eigenvalue weighted by Gasteiger charge is 2.07. The molecule has 1 amide bonds. The largest absolute Gasteiger partial charge is 0.492 e. The van der Waals surface area contributed by atoms with Gasteiger partial charge in [-0.2, -0.15) is 0 Å². The number of rotatable bonds is 9. The maximum atomic E-state index is 11.8. The molecule has 0 atom stereocenters. The van der Waals surface area contributed by atoms with Crippen molar-refractivity contribution in [2.75, 3.05) is 33.3 Å². The maximum absolute atomic E-state index is 11.8. The van der Waals surface area contributed by atoms with Gasteiger partial charge in [0, 0.05) is 7.05 Å². The highest BCUT2D eigenvalue weighted by atomic mass is 35.5. The number of benzene rings is 1. The van der Waals surface area contributed by atoms with Gasteiger partial charge >= 0.3 is 0 Å². The molecule has 0 aliphatic carbocycles. The summed E-state index contributed by atoms with van der Waals surface area (Å²) in [6.07, 6.45) is 2.25. The van der Waals surface area contributed by atoms with Crippen LogP contribution in [0.3, 0.4) is 0 Å². The molecule has 1 aromatic carbocycles. The van der Waals surface area contributed by atoms with Gasteiger partial charge in [-0.3, -0.25) is 4.79 Å². The van der Waals surface area contributed by atoms with E-state index in [0.29, 0.717) is 19.7 Å². The Balaban J connectivity index is 0.00000361. The third-order valence-electron chi connectivity index (χ3n) is 2.85. The molecule has 1 rings (SSSR count). The molecule has 0 fully saturated rings. The summed E-state index contributed by atoms with van der Waals surface area (Å²) in [5.74, 6) is 0.942. The van der Waals surface area contributed by atoms with Crippen molar-refractivity contribution in [2.45, 2.75) is 19.8 Å². The van der Waals surface area contributed by atoms with Gasteiger partial charge in [-0.1, -0.05) is 31.5 Å². The van der Waals surface area contributed by atoms with Gasteiger partial charge in [-0.25, -0.2) is 0 Å². The van der Waals surface area contributed by atoms with Crippen LogP contribution in [0.15, 0.2) is 30.3 Å². The van der Waals surface area contributed by atoms with Crippen LogP contribution in [0.25, 0.3) is 0 Å². The second-order valence-electron chi connectivity index (χ2n) is 4.51. The first-order valence-corrected chi connectivity index (χ1v) is 6.86. The molecule has 0 bridgehead atoms. The summed E-state index contributed by atoms with van der Waals surface area (Å²) in [5, 5.41) is 3.14. The van der Waals surface area contributed by atoms with E-state index in [0.717, 1.165) is 25.1 Å². The number of nitrogens with one attached hydrogen (secondary N) is 1. The smallest absolute Gasteiger partial charge is 0.236 e. The van der Waals surface area contributed by atoms with Gasteiger partial charge in [0.2, 0.25) is 5.91 Å². The highest BCUT2D eigenvalue weighted by molar-refractivity contribution is 5.85. The van der Waals surface area contributed by atoms with E-state index in [9.17, 15) is 4.79 Å². The van der Waals surface area contributed by atoms with Crippen LogP contribution in [0.2, 0.25) is 0 Å². The molecule has 20 heavy (non-hydrogen) atoms. The Bertz CT molecular complexity index is 360. The lowest BCUT2D eigenvalue weighted by atomic mass is 10.3. The second kappa shape index (κ2) is 11.6. The van der Waals surface area contributed by atoms with Crippen LogP contribution in [0.5, 0.6) is 5.75 Å². The summed E-state index contributed by atoms with van der Waals surface area (Å²) in [6, 6.07) is 9.64. The number of carbonyl (C=O) groups is 1. The van der Waals surface area contributed by atoms with Crippen molar-refractivity contribution < 1.29 is 9.53 Å².